The minimum absolute atomic E-state index is 0.178. The van der Waals surface area contributed by atoms with Crippen LogP contribution in [-0.4, -0.2) is 6.85 Å². The summed E-state index contributed by atoms with van der Waals surface area (Å²) in [6.45, 7) is 2.08. The van der Waals surface area contributed by atoms with Gasteiger partial charge in [-0.05, 0) is 163 Å². The summed E-state index contributed by atoms with van der Waals surface area (Å²) in [7, 11) is 0. The van der Waals surface area contributed by atoms with Crippen LogP contribution in [-0.2, 0) is 0 Å². The monoisotopic (exact) mass is 981 g/mol. The molecular formula is C73H52BN3. The van der Waals surface area contributed by atoms with Crippen molar-refractivity contribution < 1.29 is 0 Å². The maximum Gasteiger partial charge on any atom is 0.333 e. The number of hydrogen-bond acceptors (Lipinski definition) is 3. The van der Waals surface area contributed by atoms with Gasteiger partial charge in [0.15, 0.2) is 0 Å². The fraction of sp³-hybridized carbons (Fsp3) is 0.0137. The molecule has 0 unspecified atom stereocenters. The highest BCUT2D eigenvalue weighted by molar-refractivity contribution is 6.93. The van der Waals surface area contributed by atoms with Gasteiger partial charge < -0.3 is 14.6 Å². The Morgan fingerprint density at radius 1 is 0.286 bits per heavy atom. The van der Waals surface area contributed by atoms with Crippen molar-refractivity contribution in [1.82, 2.24) is 0 Å². The van der Waals surface area contributed by atoms with Crippen LogP contribution in [0, 0.1) is 6.92 Å². The van der Waals surface area contributed by atoms with Gasteiger partial charge in [-0.3, -0.25) is 0 Å². The normalized spacial score (nSPS) is 12.1. The van der Waals surface area contributed by atoms with Crippen LogP contribution in [0.25, 0.3) is 66.8 Å². The van der Waals surface area contributed by atoms with Gasteiger partial charge in [0.2, 0.25) is 0 Å². The number of anilines is 8. The Labute approximate surface area is 452 Å². The summed E-state index contributed by atoms with van der Waals surface area (Å²) >= 11 is 0. The zero-order chi connectivity index (χ0) is 51.2. The second kappa shape index (κ2) is 19.4. The predicted molar refractivity (Wildman–Crippen MR) is 327 cm³/mol. The molecule has 14 rings (SSSR count). The van der Waals surface area contributed by atoms with Gasteiger partial charge in [0, 0.05) is 51.1 Å². The standard InChI is InChI=1S/C73H52BN3/c1-51-45-68-67-49-61(56-27-15-6-16-28-56)37-44-70(67)77(66-32-18-30-60(48-66)55-25-13-5-14-26-55)74-69-43-42-65(50-71(69)76(72(46-51)73(68)74)64-31-17-29-59(47-64)54-23-11-4-12-24-54)75(62-38-33-57(34-39-62)52-19-7-2-8-20-52)63-40-35-58(36-41-63)53-21-9-3-10-22-53/h2-50H,1H3. The van der Waals surface area contributed by atoms with Crippen molar-refractivity contribution in [2.75, 3.05) is 14.6 Å². The minimum atomic E-state index is -0.178. The lowest BCUT2D eigenvalue weighted by atomic mass is 9.43. The van der Waals surface area contributed by atoms with Crippen LogP contribution in [0.5, 0.6) is 0 Å². The van der Waals surface area contributed by atoms with Crippen LogP contribution >= 0.6 is 0 Å². The first-order chi connectivity index (χ1) is 38.1. The number of aryl methyl sites for hydroxylation is 1. The van der Waals surface area contributed by atoms with Gasteiger partial charge in [0.25, 0.3) is 0 Å². The number of nitrogens with zero attached hydrogens (tertiary/aromatic N) is 3. The topological polar surface area (TPSA) is 9.72 Å². The Hall–Kier alpha value is -9.90. The van der Waals surface area contributed by atoms with Crippen molar-refractivity contribution in [2.45, 2.75) is 6.92 Å². The van der Waals surface area contributed by atoms with E-state index in [-0.39, 0.29) is 6.85 Å². The maximum atomic E-state index is 2.62. The molecule has 3 nitrogen and oxygen atoms in total. The van der Waals surface area contributed by atoms with Crippen molar-refractivity contribution in [3.05, 3.63) is 303 Å². The molecule has 12 aromatic carbocycles. The molecule has 0 fully saturated rings. The SMILES string of the molecule is Cc1cc2c3c(c1)N(c1cccc(-c4ccccc4)c1)c1cc(N(c4ccc(-c5ccccc5)cc4)c4ccc(-c5ccccc5)cc4)ccc1B3N(c1cccc(-c3ccccc3)c1)c1ccc(-c3ccccc3)cc1-2. The molecule has 0 N–H and O–H groups in total. The van der Waals surface area contributed by atoms with Gasteiger partial charge in [-0.25, -0.2) is 0 Å². The Kier molecular flexibility index (Phi) is 11.5. The van der Waals surface area contributed by atoms with Crippen LogP contribution in [0.4, 0.5) is 45.5 Å². The average molecular weight is 982 g/mol. The lowest BCUT2D eigenvalue weighted by molar-refractivity contribution is 1.24. The first kappa shape index (κ1) is 45.7. The molecule has 0 aromatic heterocycles. The van der Waals surface area contributed by atoms with Gasteiger partial charge in [0.1, 0.15) is 0 Å². The third kappa shape index (κ3) is 8.37. The molecule has 12 aromatic rings. The molecule has 0 aliphatic carbocycles. The Morgan fingerprint density at radius 3 is 1.22 bits per heavy atom. The third-order valence-corrected chi connectivity index (χ3v) is 15.4. The quantitative estimate of drug-likeness (QED) is 0.126. The molecule has 2 aliphatic heterocycles. The molecule has 0 bridgehead atoms. The molecule has 2 aliphatic rings. The summed E-state index contributed by atoms with van der Waals surface area (Å²) in [4.78, 5) is 7.59. The van der Waals surface area contributed by atoms with Crippen LogP contribution in [0.3, 0.4) is 0 Å². The molecule has 0 saturated carbocycles. The van der Waals surface area contributed by atoms with Gasteiger partial charge in [-0.2, -0.15) is 0 Å². The Bertz CT molecular complexity index is 4010. The molecule has 362 valence electrons. The minimum Gasteiger partial charge on any atom is -0.376 e. The molecule has 2 heterocycles. The summed E-state index contributed by atoms with van der Waals surface area (Å²) in [5, 5.41) is 0. The number of benzene rings is 12. The first-order valence-corrected chi connectivity index (χ1v) is 26.6. The third-order valence-electron chi connectivity index (χ3n) is 15.4. The lowest BCUT2D eigenvalue weighted by Gasteiger charge is -2.46. The maximum absolute atomic E-state index is 2.62. The summed E-state index contributed by atoms with van der Waals surface area (Å²) in [5.41, 5.74) is 26.9. The van der Waals surface area contributed by atoms with Gasteiger partial charge in [-0.1, -0.05) is 218 Å². The summed E-state index contributed by atoms with van der Waals surface area (Å²) in [6.07, 6.45) is 0. The molecule has 4 heteroatoms. The van der Waals surface area contributed by atoms with Crippen LogP contribution in [0.15, 0.2) is 297 Å². The van der Waals surface area contributed by atoms with Gasteiger partial charge in [0.05, 0.1) is 0 Å². The van der Waals surface area contributed by atoms with E-state index in [1.807, 2.05) is 0 Å². The van der Waals surface area contributed by atoms with E-state index in [0.29, 0.717) is 0 Å². The molecule has 77 heavy (non-hydrogen) atoms. The highest BCUT2D eigenvalue weighted by Gasteiger charge is 2.45. The summed E-state index contributed by atoms with van der Waals surface area (Å²) in [6, 6.07) is 109. The predicted octanol–water partition coefficient (Wildman–Crippen LogP) is 18.5. The van der Waals surface area contributed by atoms with E-state index < -0.39 is 0 Å². The fourth-order valence-electron chi connectivity index (χ4n) is 11.8. The Morgan fingerprint density at radius 2 is 0.701 bits per heavy atom. The van der Waals surface area contributed by atoms with E-state index >= 15 is 0 Å². The van der Waals surface area contributed by atoms with Crippen LogP contribution < -0.4 is 25.5 Å². The van der Waals surface area contributed by atoms with Crippen molar-refractivity contribution in [3.63, 3.8) is 0 Å². The van der Waals surface area contributed by atoms with E-state index in [9.17, 15) is 0 Å². The smallest absolute Gasteiger partial charge is 0.333 e. The summed E-state index contributed by atoms with van der Waals surface area (Å²) in [5.74, 6) is 0. The largest absolute Gasteiger partial charge is 0.376 e. The van der Waals surface area contributed by atoms with E-state index in [1.165, 1.54) is 94.6 Å². The van der Waals surface area contributed by atoms with E-state index in [4.69, 9.17) is 0 Å². The number of hydrogen-bond donors (Lipinski definition) is 0. The highest BCUT2D eigenvalue weighted by Crippen LogP contribution is 2.50. The molecule has 0 atom stereocenters. The van der Waals surface area contributed by atoms with Gasteiger partial charge in [-0.15, -0.1) is 0 Å². The number of rotatable bonds is 10. The molecule has 0 spiro atoms. The van der Waals surface area contributed by atoms with Crippen molar-refractivity contribution in [1.29, 1.82) is 0 Å². The van der Waals surface area contributed by atoms with Crippen molar-refractivity contribution in [2.24, 2.45) is 0 Å². The first-order valence-electron chi connectivity index (χ1n) is 26.6. The highest BCUT2D eigenvalue weighted by atomic mass is 15.2. The lowest BCUT2D eigenvalue weighted by Crippen LogP contribution is -2.61. The van der Waals surface area contributed by atoms with E-state index in [1.54, 1.807) is 0 Å². The zero-order valence-electron chi connectivity index (χ0n) is 42.7. The molecule has 0 saturated heterocycles. The molecule has 0 radical (unpaired) electrons. The average Bonchev–Trinajstić information content (AvgIpc) is 3.66. The second-order valence-corrected chi connectivity index (χ2v) is 20.2. The van der Waals surface area contributed by atoms with E-state index in [0.717, 1.165) is 34.1 Å². The van der Waals surface area contributed by atoms with Gasteiger partial charge >= 0.3 is 6.85 Å². The molecule has 0 amide bonds. The van der Waals surface area contributed by atoms with Crippen molar-refractivity contribution >= 4 is 63.3 Å². The fourth-order valence-corrected chi connectivity index (χ4v) is 11.8. The molecular weight excluding hydrogens is 930 g/mol. The number of fused-ring (bicyclic) bond motifs is 4. The van der Waals surface area contributed by atoms with Crippen LogP contribution in [0.1, 0.15) is 5.56 Å². The zero-order valence-corrected chi connectivity index (χ0v) is 42.7. The Balaban J connectivity index is 1.02. The second-order valence-electron chi connectivity index (χ2n) is 20.2. The van der Waals surface area contributed by atoms with E-state index in [2.05, 4.69) is 319 Å². The summed E-state index contributed by atoms with van der Waals surface area (Å²) < 4.78 is 0. The van der Waals surface area contributed by atoms with Crippen molar-refractivity contribution in [3.8, 4) is 66.8 Å². The van der Waals surface area contributed by atoms with Crippen LogP contribution in [0.2, 0.25) is 0 Å².